The van der Waals surface area contributed by atoms with Crippen molar-refractivity contribution in [3.8, 4) is 5.75 Å². The molecule has 0 unspecified atom stereocenters. The van der Waals surface area contributed by atoms with Crippen LogP contribution in [0.1, 0.15) is 11.1 Å². The third-order valence-corrected chi connectivity index (χ3v) is 3.09. The highest BCUT2D eigenvalue weighted by molar-refractivity contribution is 6.30. The smallest absolute Gasteiger partial charge is 0.270 e. The van der Waals surface area contributed by atoms with Crippen molar-refractivity contribution in [1.29, 1.82) is 0 Å². The maximum absolute atomic E-state index is 11.6. The Kier molecular flexibility index (Phi) is 4.90. The molecule has 0 saturated carbocycles. The maximum Gasteiger partial charge on any atom is 0.270 e. The van der Waals surface area contributed by atoms with E-state index in [0.29, 0.717) is 18.0 Å². The van der Waals surface area contributed by atoms with Crippen LogP contribution in [0.5, 0.6) is 5.75 Å². The average molecular weight is 304 g/mol. The molecule has 0 aliphatic heterocycles. The Labute approximate surface area is 126 Å². The number of aliphatic imine (C=N–C) groups is 1. The number of nitro benzene ring substituents is 1. The van der Waals surface area contributed by atoms with Crippen LogP contribution in [0.3, 0.4) is 0 Å². The zero-order valence-corrected chi connectivity index (χ0v) is 11.8. The molecular formula is C15H12ClN2O3-. The molecule has 6 heteroatoms. The molecule has 0 spiro atoms. The number of rotatable bonds is 5. The third-order valence-electron chi connectivity index (χ3n) is 2.85. The highest BCUT2D eigenvalue weighted by atomic mass is 35.5. The normalized spacial score (nSPS) is 10.9. The lowest BCUT2D eigenvalue weighted by molar-refractivity contribution is -0.385. The van der Waals surface area contributed by atoms with Crippen molar-refractivity contribution in [3.05, 3.63) is 68.7 Å². The molecule has 0 atom stereocenters. The molecule has 2 rings (SSSR count). The van der Waals surface area contributed by atoms with Crippen molar-refractivity contribution in [3.63, 3.8) is 0 Å². The number of halogens is 1. The van der Waals surface area contributed by atoms with Gasteiger partial charge in [-0.2, -0.15) is 0 Å². The first-order valence-electron chi connectivity index (χ1n) is 6.26. The van der Waals surface area contributed by atoms with E-state index in [0.717, 1.165) is 5.56 Å². The van der Waals surface area contributed by atoms with Gasteiger partial charge in [-0.05, 0) is 29.7 Å². The Bertz CT molecular complexity index is 686. The number of benzene rings is 2. The van der Waals surface area contributed by atoms with Crippen LogP contribution >= 0.6 is 11.6 Å². The molecule has 0 aromatic heterocycles. The largest absolute Gasteiger partial charge is 0.872 e. The molecule has 5 nitrogen and oxygen atoms in total. The van der Waals surface area contributed by atoms with Gasteiger partial charge in [0.05, 0.1) is 4.92 Å². The van der Waals surface area contributed by atoms with E-state index in [2.05, 4.69) is 4.99 Å². The van der Waals surface area contributed by atoms with Gasteiger partial charge in [0.1, 0.15) is 0 Å². The fraction of sp³-hybridized carbons (Fsp3) is 0.133. The van der Waals surface area contributed by atoms with Gasteiger partial charge in [-0.25, -0.2) is 0 Å². The number of nitrogens with zero attached hydrogens (tertiary/aromatic N) is 2. The fourth-order valence-corrected chi connectivity index (χ4v) is 2.01. The van der Waals surface area contributed by atoms with Gasteiger partial charge >= 0.3 is 0 Å². The second kappa shape index (κ2) is 6.85. The Morgan fingerprint density at radius 1 is 1.24 bits per heavy atom. The molecular weight excluding hydrogens is 292 g/mol. The predicted molar refractivity (Wildman–Crippen MR) is 80.2 cm³/mol. The Morgan fingerprint density at radius 3 is 2.76 bits per heavy atom. The van der Waals surface area contributed by atoms with Crippen molar-refractivity contribution in [2.24, 2.45) is 4.99 Å². The van der Waals surface area contributed by atoms with Gasteiger partial charge in [-0.15, -0.1) is 0 Å². The van der Waals surface area contributed by atoms with Crippen molar-refractivity contribution >= 4 is 23.5 Å². The standard InChI is InChI=1S/C15H13ClN2O3/c16-13-3-1-2-11(8-13)6-7-17-10-12-9-14(18(20)21)4-5-15(12)19/h1-5,8-10,19H,6-7H2/p-1. The van der Waals surface area contributed by atoms with E-state index >= 15 is 0 Å². The molecule has 0 fully saturated rings. The van der Waals surface area contributed by atoms with Gasteiger partial charge < -0.3 is 5.11 Å². The van der Waals surface area contributed by atoms with Crippen LogP contribution in [0.2, 0.25) is 5.02 Å². The van der Waals surface area contributed by atoms with E-state index in [1.807, 2.05) is 18.2 Å². The van der Waals surface area contributed by atoms with Gasteiger partial charge in [0.15, 0.2) is 0 Å². The minimum Gasteiger partial charge on any atom is -0.872 e. The molecule has 0 heterocycles. The summed E-state index contributed by atoms with van der Waals surface area (Å²) < 4.78 is 0. The average Bonchev–Trinajstić information content (AvgIpc) is 2.45. The minimum absolute atomic E-state index is 0.120. The van der Waals surface area contributed by atoms with Crippen LogP contribution in [0.15, 0.2) is 47.5 Å². The SMILES string of the molecule is O=[N+]([O-])c1ccc([O-])c(C=NCCc2cccc(Cl)c2)c1. The van der Waals surface area contributed by atoms with Crippen molar-refractivity contribution < 1.29 is 10.0 Å². The number of hydrogen-bond acceptors (Lipinski definition) is 4. The highest BCUT2D eigenvalue weighted by Crippen LogP contribution is 2.19. The third kappa shape index (κ3) is 4.29. The van der Waals surface area contributed by atoms with Gasteiger partial charge in [0, 0.05) is 29.9 Å². The summed E-state index contributed by atoms with van der Waals surface area (Å²) in [4.78, 5) is 14.3. The number of nitro groups is 1. The first kappa shape index (κ1) is 15.0. The molecule has 0 aliphatic rings. The van der Waals surface area contributed by atoms with Crippen LogP contribution in [-0.2, 0) is 6.42 Å². The lowest BCUT2D eigenvalue weighted by atomic mass is 10.1. The topological polar surface area (TPSA) is 78.6 Å². The molecule has 108 valence electrons. The Hall–Kier alpha value is -2.40. The Balaban J connectivity index is 2.01. The van der Waals surface area contributed by atoms with Gasteiger partial charge in [-0.3, -0.25) is 15.1 Å². The van der Waals surface area contributed by atoms with E-state index in [-0.39, 0.29) is 17.0 Å². The van der Waals surface area contributed by atoms with E-state index in [4.69, 9.17) is 11.6 Å². The molecule has 2 aromatic rings. The van der Waals surface area contributed by atoms with Crippen molar-refractivity contribution in [1.82, 2.24) is 0 Å². The predicted octanol–water partition coefficient (Wildman–Crippen LogP) is 2.98. The van der Waals surface area contributed by atoms with E-state index in [1.54, 1.807) is 6.07 Å². The molecule has 0 radical (unpaired) electrons. The monoisotopic (exact) mass is 303 g/mol. The number of hydrogen-bond donors (Lipinski definition) is 0. The fourth-order valence-electron chi connectivity index (χ4n) is 1.80. The molecule has 0 saturated heterocycles. The summed E-state index contributed by atoms with van der Waals surface area (Å²) in [5, 5.41) is 22.9. The molecule has 0 N–H and O–H groups in total. The van der Waals surface area contributed by atoms with E-state index < -0.39 is 4.92 Å². The van der Waals surface area contributed by atoms with Crippen LogP contribution in [0.25, 0.3) is 0 Å². The zero-order chi connectivity index (χ0) is 15.2. The summed E-state index contributed by atoms with van der Waals surface area (Å²) in [5.41, 5.74) is 1.14. The van der Waals surface area contributed by atoms with Crippen LogP contribution in [-0.4, -0.2) is 17.7 Å². The summed E-state index contributed by atoms with van der Waals surface area (Å²) in [6.45, 7) is 0.475. The van der Waals surface area contributed by atoms with Crippen molar-refractivity contribution in [2.75, 3.05) is 6.54 Å². The molecule has 21 heavy (non-hydrogen) atoms. The summed E-state index contributed by atoms with van der Waals surface area (Å²) in [5.74, 6) is -0.285. The first-order valence-corrected chi connectivity index (χ1v) is 6.64. The number of non-ortho nitro benzene ring substituents is 1. The Morgan fingerprint density at radius 2 is 2.05 bits per heavy atom. The summed E-state index contributed by atoms with van der Waals surface area (Å²) in [6.07, 6.45) is 2.06. The summed E-state index contributed by atoms with van der Waals surface area (Å²) in [7, 11) is 0. The second-order valence-electron chi connectivity index (χ2n) is 4.39. The van der Waals surface area contributed by atoms with Crippen LogP contribution in [0.4, 0.5) is 5.69 Å². The van der Waals surface area contributed by atoms with Crippen LogP contribution in [0, 0.1) is 10.1 Å². The van der Waals surface area contributed by atoms with Crippen molar-refractivity contribution in [2.45, 2.75) is 6.42 Å². The quantitative estimate of drug-likeness (QED) is 0.484. The van der Waals surface area contributed by atoms with E-state index in [9.17, 15) is 15.2 Å². The van der Waals surface area contributed by atoms with Crippen LogP contribution < -0.4 is 5.11 Å². The molecule has 0 bridgehead atoms. The van der Waals surface area contributed by atoms with Gasteiger partial charge in [0.2, 0.25) is 0 Å². The molecule has 2 aromatic carbocycles. The van der Waals surface area contributed by atoms with Gasteiger partial charge in [0.25, 0.3) is 5.69 Å². The molecule has 0 aliphatic carbocycles. The first-order chi connectivity index (χ1) is 10.1. The summed E-state index contributed by atoms with van der Waals surface area (Å²) >= 11 is 5.88. The minimum atomic E-state index is -0.539. The summed E-state index contributed by atoms with van der Waals surface area (Å²) in [6, 6.07) is 11.0. The maximum atomic E-state index is 11.6. The molecule has 0 amide bonds. The lowest BCUT2D eigenvalue weighted by Gasteiger charge is -2.08. The highest BCUT2D eigenvalue weighted by Gasteiger charge is 2.05. The second-order valence-corrected chi connectivity index (χ2v) is 4.83. The van der Waals surface area contributed by atoms with Gasteiger partial charge in [-0.1, -0.05) is 35.5 Å². The van der Waals surface area contributed by atoms with E-state index in [1.165, 1.54) is 24.4 Å². The lowest BCUT2D eigenvalue weighted by Crippen LogP contribution is -1.99. The zero-order valence-electron chi connectivity index (χ0n) is 11.0.